The van der Waals surface area contributed by atoms with Crippen LogP contribution in [-0.2, 0) is 4.79 Å². The molecule has 0 unspecified atom stereocenters. The fourth-order valence-electron chi connectivity index (χ4n) is 1.91. The third-order valence-electron chi connectivity index (χ3n) is 3.22. The summed E-state index contributed by atoms with van der Waals surface area (Å²) in [6, 6.07) is 4.93. The number of amides is 1. The van der Waals surface area contributed by atoms with Gasteiger partial charge in [0.25, 0.3) is 0 Å². The van der Waals surface area contributed by atoms with Crippen LogP contribution in [0, 0.1) is 5.92 Å². The van der Waals surface area contributed by atoms with Crippen molar-refractivity contribution in [3.63, 3.8) is 0 Å². The van der Waals surface area contributed by atoms with Crippen molar-refractivity contribution < 1.29 is 14.7 Å². The van der Waals surface area contributed by atoms with Crippen LogP contribution in [0.1, 0.15) is 32.3 Å². The van der Waals surface area contributed by atoms with Crippen molar-refractivity contribution in [2.75, 3.05) is 12.4 Å². The molecule has 0 heterocycles. The average molecular weight is 279 g/mol. The van der Waals surface area contributed by atoms with Crippen molar-refractivity contribution >= 4 is 17.4 Å². The highest BCUT2D eigenvalue weighted by Gasteiger charge is 2.16. The lowest BCUT2D eigenvalue weighted by Crippen LogP contribution is -2.22. The Labute approximate surface area is 118 Å². The van der Waals surface area contributed by atoms with Crippen molar-refractivity contribution in [1.82, 2.24) is 0 Å². The normalized spacial score (nSPS) is 11.5. The molecular formula is C14H21N3O3. The Kier molecular flexibility index (Phi) is 5.83. The van der Waals surface area contributed by atoms with Gasteiger partial charge in [-0.05, 0) is 31.0 Å². The van der Waals surface area contributed by atoms with Gasteiger partial charge in [-0.1, -0.05) is 19.0 Å². The summed E-state index contributed by atoms with van der Waals surface area (Å²) in [5, 5.41) is 14.4. The molecule has 1 rings (SSSR count). The maximum atomic E-state index is 12.1. The highest BCUT2D eigenvalue weighted by atomic mass is 16.5. The summed E-state index contributed by atoms with van der Waals surface area (Å²) >= 11 is 0. The zero-order valence-corrected chi connectivity index (χ0v) is 12.0. The fraction of sp³-hybridized carbons (Fsp3) is 0.429. The molecule has 1 amide bonds. The van der Waals surface area contributed by atoms with Crippen molar-refractivity contribution in [3.05, 3.63) is 23.8 Å². The van der Waals surface area contributed by atoms with Crippen LogP contribution >= 0.6 is 0 Å². The number of carbonyl (C=O) groups is 1. The minimum absolute atomic E-state index is 0.0128. The maximum absolute atomic E-state index is 12.1. The first-order valence-corrected chi connectivity index (χ1v) is 6.54. The van der Waals surface area contributed by atoms with Gasteiger partial charge in [-0.15, -0.1) is 0 Å². The number of hydrogen-bond donors (Lipinski definition) is 3. The predicted octanol–water partition coefficient (Wildman–Crippen LogP) is 2.16. The summed E-state index contributed by atoms with van der Waals surface area (Å²) in [6.07, 6.45) is 1.57. The summed E-state index contributed by atoms with van der Waals surface area (Å²) in [5.41, 5.74) is 6.60. The maximum Gasteiger partial charge on any atom is 0.227 e. The van der Waals surface area contributed by atoms with Gasteiger partial charge in [0, 0.05) is 11.5 Å². The van der Waals surface area contributed by atoms with E-state index in [4.69, 9.17) is 15.7 Å². The third kappa shape index (κ3) is 3.63. The lowest BCUT2D eigenvalue weighted by atomic mass is 10.0. The molecule has 20 heavy (non-hydrogen) atoms. The number of amidine groups is 1. The highest BCUT2D eigenvalue weighted by molar-refractivity contribution is 5.99. The SMILES string of the molecule is CCC(CC)C(=O)Nc1ccc(/C(N)=N/O)cc1OC. The first-order valence-electron chi connectivity index (χ1n) is 6.54. The second-order valence-electron chi connectivity index (χ2n) is 4.40. The quantitative estimate of drug-likeness (QED) is 0.322. The van der Waals surface area contributed by atoms with E-state index in [0.29, 0.717) is 17.0 Å². The molecule has 0 saturated heterocycles. The molecule has 6 nitrogen and oxygen atoms in total. The van der Waals surface area contributed by atoms with Gasteiger partial charge in [-0.3, -0.25) is 4.79 Å². The summed E-state index contributed by atoms with van der Waals surface area (Å²) in [6.45, 7) is 3.96. The monoisotopic (exact) mass is 279 g/mol. The van der Waals surface area contributed by atoms with E-state index in [1.165, 1.54) is 7.11 Å². The Bertz CT molecular complexity index is 496. The lowest BCUT2D eigenvalue weighted by Gasteiger charge is -2.15. The number of nitrogens with two attached hydrogens (primary N) is 1. The third-order valence-corrected chi connectivity index (χ3v) is 3.22. The summed E-state index contributed by atoms with van der Waals surface area (Å²) in [5.74, 6) is 0.392. The number of nitrogens with zero attached hydrogens (tertiary/aromatic N) is 1. The van der Waals surface area contributed by atoms with Crippen LogP contribution in [0.5, 0.6) is 5.75 Å². The molecular weight excluding hydrogens is 258 g/mol. The van der Waals surface area contributed by atoms with Crippen LogP contribution < -0.4 is 15.8 Å². The van der Waals surface area contributed by atoms with E-state index in [1.54, 1.807) is 18.2 Å². The van der Waals surface area contributed by atoms with E-state index in [2.05, 4.69) is 10.5 Å². The molecule has 0 bridgehead atoms. The van der Waals surface area contributed by atoms with E-state index in [0.717, 1.165) is 12.8 Å². The van der Waals surface area contributed by atoms with E-state index >= 15 is 0 Å². The van der Waals surface area contributed by atoms with Crippen LogP contribution in [-0.4, -0.2) is 24.1 Å². The first-order chi connectivity index (χ1) is 9.57. The van der Waals surface area contributed by atoms with Gasteiger partial charge in [-0.2, -0.15) is 0 Å². The number of ether oxygens (including phenoxy) is 1. The average Bonchev–Trinajstić information content (AvgIpc) is 2.48. The van der Waals surface area contributed by atoms with Gasteiger partial charge in [0.2, 0.25) is 5.91 Å². The summed E-state index contributed by atoms with van der Waals surface area (Å²) in [4.78, 5) is 12.1. The van der Waals surface area contributed by atoms with E-state index in [-0.39, 0.29) is 17.7 Å². The number of hydrogen-bond acceptors (Lipinski definition) is 4. The van der Waals surface area contributed by atoms with Gasteiger partial charge in [-0.25, -0.2) is 0 Å². The van der Waals surface area contributed by atoms with Crippen LogP contribution in [0.3, 0.4) is 0 Å². The predicted molar refractivity (Wildman–Crippen MR) is 78.2 cm³/mol. The topological polar surface area (TPSA) is 96.9 Å². The fourth-order valence-corrected chi connectivity index (χ4v) is 1.91. The molecule has 0 fully saturated rings. The number of rotatable bonds is 6. The Morgan fingerprint density at radius 3 is 2.60 bits per heavy atom. The van der Waals surface area contributed by atoms with E-state index in [9.17, 15) is 4.79 Å². The molecule has 0 atom stereocenters. The first kappa shape index (κ1) is 15.8. The number of nitrogens with one attached hydrogen (secondary N) is 1. The van der Waals surface area contributed by atoms with Gasteiger partial charge in [0.15, 0.2) is 5.84 Å². The van der Waals surface area contributed by atoms with Gasteiger partial charge < -0.3 is 21.0 Å². The van der Waals surface area contributed by atoms with Crippen LogP contribution in [0.25, 0.3) is 0 Å². The zero-order valence-electron chi connectivity index (χ0n) is 12.0. The number of methoxy groups -OCH3 is 1. The Balaban J connectivity index is 2.99. The molecule has 0 aliphatic carbocycles. The molecule has 0 aliphatic rings. The molecule has 0 spiro atoms. The lowest BCUT2D eigenvalue weighted by molar-refractivity contribution is -0.120. The van der Waals surface area contributed by atoms with Gasteiger partial charge >= 0.3 is 0 Å². The Morgan fingerprint density at radius 1 is 1.45 bits per heavy atom. The molecule has 1 aromatic carbocycles. The molecule has 110 valence electrons. The van der Waals surface area contributed by atoms with Crippen LogP contribution in [0.4, 0.5) is 5.69 Å². The molecule has 0 radical (unpaired) electrons. The highest BCUT2D eigenvalue weighted by Crippen LogP contribution is 2.26. The number of benzene rings is 1. The smallest absolute Gasteiger partial charge is 0.227 e. The molecule has 1 aromatic rings. The summed E-state index contributed by atoms with van der Waals surface area (Å²) in [7, 11) is 1.50. The Morgan fingerprint density at radius 2 is 2.10 bits per heavy atom. The standard InChI is InChI=1S/C14H21N3O3/c1-4-9(5-2)14(18)16-11-7-6-10(13(15)17-19)8-12(11)20-3/h6-9,19H,4-5H2,1-3H3,(H2,15,17)(H,16,18). The minimum atomic E-state index is -0.0372. The van der Waals surface area contributed by atoms with E-state index in [1.807, 2.05) is 13.8 Å². The van der Waals surface area contributed by atoms with Crippen LogP contribution in [0.15, 0.2) is 23.4 Å². The molecule has 6 heteroatoms. The Hall–Kier alpha value is -2.24. The van der Waals surface area contributed by atoms with Crippen molar-refractivity contribution in [2.45, 2.75) is 26.7 Å². The number of oxime groups is 1. The van der Waals surface area contributed by atoms with E-state index < -0.39 is 0 Å². The van der Waals surface area contributed by atoms with Crippen molar-refractivity contribution in [1.29, 1.82) is 0 Å². The molecule has 0 aromatic heterocycles. The van der Waals surface area contributed by atoms with Crippen molar-refractivity contribution in [3.8, 4) is 5.75 Å². The van der Waals surface area contributed by atoms with Gasteiger partial charge in [0.05, 0.1) is 12.8 Å². The van der Waals surface area contributed by atoms with Gasteiger partial charge in [0.1, 0.15) is 5.75 Å². The largest absolute Gasteiger partial charge is 0.495 e. The molecule has 0 aliphatic heterocycles. The number of carbonyl (C=O) groups excluding carboxylic acids is 1. The number of anilines is 1. The van der Waals surface area contributed by atoms with Crippen LogP contribution in [0.2, 0.25) is 0 Å². The minimum Gasteiger partial charge on any atom is -0.495 e. The second-order valence-corrected chi connectivity index (χ2v) is 4.40. The summed E-state index contributed by atoms with van der Waals surface area (Å²) < 4.78 is 5.22. The van der Waals surface area contributed by atoms with Crippen molar-refractivity contribution in [2.24, 2.45) is 16.8 Å². The second kappa shape index (κ2) is 7.37. The molecule has 4 N–H and O–H groups in total. The zero-order chi connectivity index (χ0) is 15.1. The molecule has 0 saturated carbocycles.